The minimum absolute atomic E-state index is 0.187. The van der Waals surface area contributed by atoms with Crippen molar-refractivity contribution in [3.63, 3.8) is 0 Å². The van der Waals surface area contributed by atoms with Crippen LogP contribution in [0.25, 0.3) is 10.9 Å². The molecular weight excluding hydrogens is 442 g/mol. The minimum Gasteiger partial charge on any atom is -0.481 e. The van der Waals surface area contributed by atoms with Crippen LogP contribution < -0.4 is 4.90 Å². The molecule has 2 heterocycles. The van der Waals surface area contributed by atoms with E-state index in [1.54, 1.807) is 0 Å². The van der Waals surface area contributed by atoms with Crippen LogP contribution in [0.5, 0.6) is 0 Å². The third-order valence-electron chi connectivity index (χ3n) is 7.12. The Kier molecular flexibility index (Phi) is 6.52. The highest BCUT2D eigenvalue weighted by Gasteiger charge is 2.53. The van der Waals surface area contributed by atoms with E-state index < -0.39 is 23.4 Å². The molecule has 182 valence electrons. The van der Waals surface area contributed by atoms with Crippen molar-refractivity contribution in [3.8, 4) is 0 Å². The first-order valence-corrected chi connectivity index (χ1v) is 12.0. The number of aryl methyl sites for hydroxylation is 1. The summed E-state index contributed by atoms with van der Waals surface area (Å²) in [5.74, 6) is -3.89. The van der Waals surface area contributed by atoms with Crippen LogP contribution in [-0.4, -0.2) is 46.0 Å². The Morgan fingerprint density at radius 3 is 2.26 bits per heavy atom. The molecule has 0 aliphatic carbocycles. The van der Waals surface area contributed by atoms with E-state index in [1.165, 1.54) is 12.3 Å². The van der Waals surface area contributed by atoms with Gasteiger partial charge in [-0.1, -0.05) is 30.3 Å². The topological polar surface area (TPSA) is 95.1 Å². The normalized spacial score (nSPS) is 19.5. The molecule has 7 heteroatoms. The average molecular weight is 474 g/mol. The lowest BCUT2D eigenvalue weighted by Crippen LogP contribution is -2.44. The molecule has 2 aromatic carbocycles. The van der Waals surface area contributed by atoms with E-state index in [0.717, 1.165) is 40.9 Å². The van der Waals surface area contributed by atoms with Crippen LogP contribution in [0.4, 0.5) is 5.69 Å². The van der Waals surface area contributed by atoms with E-state index in [4.69, 9.17) is 4.99 Å². The van der Waals surface area contributed by atoms with Gasteiger partial charge in [0.15, 0.2) is 0 Å². The molecule has 0 amide bonds. The van der Waals surface area contributed by atoms with Gasteiger partial charge in [-0.15, -0.1) is 0 Å². The van der Waals surface area contributed by atoms with Gasteiger partial charge >= 0.3 is 11.9 Å². The summed E-state index contributed by atoms with van der Waals surface area (Å²) in [4.78, 5) is 32.1. The molecule has 4 rings (SSSR count). The van der Waals surface area contributed by atoms with Gasteiger partial charge in [0.25, 0.3) is 0 Å². The first-order chi connectivity index (χ1) is 16.8. The number of nitrogens with zero attached hydrogens (tertiary/aromatic N) is 3. The summed E-state index contributed by atoms with van der Waals surface area (Å²) in [7, 11) is 0. The van der Waals surface area contributed by atoms with E-state index in [1.807, 2.05) is 62.4 Å². The van der Waals surface area contributed by atoms with Gasteiger partial charge in [-0.05, 0) is 57.5 Å². The monoisotopic (exact) mass is 473 g/mol. The molecule has 2 unspecified atom stereocenters. The van der Waals surface area contributed by atoms with Crippen LogP contribution in [0.3, 0.4) is 0 Å². The first-order valence-electron chi connectivity index (χ1n) is 12.0. The fraction of sp³-hybridized carbons (Fsp3) is 0.321. The zero-order valence-electron chi connectivity index (χ0n) is 20.5. The van der Waals surface area contributed by atoms with Crippen molar-refractivity contribution in [2.75, 3.05) is 18.0 Å². The predicted molar refractivity (Wildman–Crippen MR) is 138 cm³/mol. The van der Waals surface area contributed by atoms with Gasteiger partial charge in [-0.3, -0.25) is 9.79 Å². The number of rotatable bonds is 8. The van der Waals surface area contributed by atoms with E-state index >= 15 is 0 Å². The molecule has 35 heavy (non-hydrogen) atoms. The first kappa shape index (κ1) is 24.3. The molecular formula is C28H31N3O4. The summed E-state index contributed by atoms with van der Waals surface area (Å²) < 4.78 is 2.13. The standard InChI is InChI=1S/C28H31N3O4/c1-5-30(6-2)20-14-12-19(13-15-20)28(25(27(34)35)22(26(32)33)16-17-29-28)24-18(4)31(7-3)23-11-9-8-10-21(23)24/h8-17,25H,5-7H2,1-4H3,(H,32,33)(H,34,35). The summed E-state index contributed by atoms with van der Waals surface area (Å²) in [6, 6.07) is 15.5. The maximum absolute atomic E-state index is 12.8. The molecule has 0 saturated heterocycles. The molecule has 2 atom stereocenters. The number of carboxylic acids is 2. The number of aliphatic carboxylic acids is 2. The summed E-state index contributed by atoms with van der Waals surface area (Å²) in [6.07, 6.45) is 2.75. The van der Waals surface area contributed by atoms with Crippen molar-refractivity contribution in [3.05, 3.63) is 77.0 Å². The highest BCUT2D eigenvalue weighted by Crippen LogP contribution is 2.50. The zero-order valence-corrected chi connectivity index (χ0v) is 20.5. The number of allylic oxidation sites excluding steroid dienone is 1. The van der Waals surface area contributed by atoms with Crippen LogP contribution >= 0.6 is 0 Å². The highest BCUT2D eigenvalue weighted by molar-refractivity contribution is 6.02. The molecule has 0 radical (unpaired) electrons. The van der Waals surface area contributed by atoms with Crippen molar-refractivity contribution in [2.45, 2.75) is 39.8 Å². The summed E-state index contributed by atoms with van der Waals surface area (Å²) in [5, 5.41) is 21.3. The maximum Gasteiger partial charge on any atom is 0.332 e. The minimum atomic E-state index is -1.44. The average Bonchev–Trinajstić information content (AvgIpc) is 3.15. The smallest absolute Gasteiger partial charge is 0.332 e. The Balaban J connectivity index is 2.10. The molecule has 1 aromatic heterocycles. The molecule has 0 saturated carbocycles. The van der Waals surface area contributed by atoms with E-state index in [0.29, 0.717) is 12.1 Å². The Labute approximate surface area is 205 Å². The molecule has 1 aliphatic heterocycles. The molecule has 3 aromatic rings. The lowest BCUT2D eigenvalue weighted by Gasteiger charge is -2.39. The second kappa shape index (κ2) is 9.41. The van der Waals surface area contributed by atoms with Crippen LogP contribution in [0.15, 0.2) is 65.2 Å². The number of carboxylic acid groups (broad SMARTS) is 2. The van der Waals surface area contributed by atoms with Gasteiger partial charge in [0.05, 0.1) is 5.57 Å². The molecule has 0 fully saturated rings. The molecule has 1 aliphatic rings. The Morgan fingerprint density at radius 2 is 1.69 bits per heavy atom. The molecule has 2 N–H and O–H groups in total. The van der Waals surface area contributed by atoms with Crippen molar-refractivity contribution >= 4 is 34.7 Å². The highest BCUT2D eigenvalue weighted by atomic mass is 16.4. The second-order valence-corrected chi connectivity index (χ2v) is 8.68. The third-order valence-corrected chi connectivity index (χ3v) is 7.12. The van der Waals surface area contributed by atoms with Gasteiger partial charge in [-0.2, -0.15) is 0 Å². The van der Waals surface area contributed by atoms with Crippen molar-refractivity contribution in [1.29, 1.82) is 0 Å². The number of carbonyl (C=O) groups is 2. The van der Waals surface area contributed by atoms with E-state index in [-0.39, 0.29) is 5.57 Å². The Hall–Kier alpha value is -3.87. The number of anilines is 1. The number of hydrogen-bond acceptors (Lipinski definition) is 4. The van der Waals surface area contributed by atoms with Gasteiger partial charge in [0, 0.05) is 53.7 Å². The van der Waals surface area contributed by atoms with Crippen LogP contribution in [0, 0.1) is 12.8 Å². The van der Waals surface area contributed by atoms with Crippen molar-refractivity contribution < 1.29 is 19.8 Å². The number of hydrogen-bond donors (Lipinski definition) is 2. The molecule has 7 nitrogen and oxygen atoms in total. The molecule has 0 spiro atoms. The van der Waals surface area contributed by atoms with Crippen molar-refractivity contribution in [1.82, 2.24) is 4.57 Å². The number of aliphatic imine (C=N–C) groups is 1. The maximum atomic E-state index is 12.8. The SMILES string of the molecule is CCN(CC)c1ccc(C2(c3c(C)n(CC)c4ccccc34)N=CC=C(C(=O)O)C2C(=O)O)cc1. The fourth-order valence-electron chi connectivity index (χ4n) is 5.57. The van der Waals surface area contributed by atoms with Crippen molar-refractivity contribution in [2.24, 2.45) is 10.9 Å². The fourth-order valence-corrected chi connectivity index (χ4v) is 5.57. The number of dihydropyridines is 1. The van der Waals surface area contributed by atoms with Crippen LogP contribution in [0.1, 0.15) is 37.6 Å². The van der Waals surface area contributed by atoms with Gasteiger partial charge in [0.1, 0.15) is 11.5 Å². The van der Waals surface area contributed by atoms with E-state index in [9.17, 15) is 19.8 Å². The summed E-state index contributed by atoms with van der Waals surface area (Å²) >= 11 is 0. The number of aromatic nitrogens is 1. The lowest BCUT2D eigenvalue weighted by molar-refractivity contribution is -0.145. The number of fused-ring (bicyclic) bond motifs is 1. The van der Waals surface area contributed by atoms with E-state index in [2.05, 4.69) is 23.3 Å². The Bertz CT molecular complexity index is 1330. The summed E-state index contributed by atoms with van der Waals surface area (Å²) in [5.41, 5.74) is 2.59. The van der Waals surface area contributed by atoms with Gasteiger partial charge < -0.3 is 19.7 Å². The van der Waals surface area contributed by atoms with Gasteiger partial charge in [0.2, 0.25) is 0 Å². The number of benzene rings is 2. The second-order valence-electron chi connectivity index (χ2n) is 8.68. The number of para-hydroxylation sites is 1. The molecule has 0 bridgehead atoms. The third kappa shape index (κ3) is 3.71. The predicted octanol–water partition coefficient (Wildman–Crippen LogP) is 4.86. The van der Waals surface area contributed by atoms with Gasteiger partial charge in [-0.25, -0.2) is 4.79 Å². The Morgan fingerprint density at radius 1 is 1.03 bits per heavy atom. The quantitative estimate of drug-likeness (QED) is 0.487. The zero-order chi connectivity index (χ0) is 25.3. The summed E-state index contributed by atoms with van der Waals surface area (Å²) in [6.45, 7) is 10.5. The van der Waals surface area contributed by atoms with Crippen LogP contribution in [-0.2, 0) is 21.7 Å². The lowest BCUT2D eigenvalue weighted by atomic mass is 9.68. The largest absolute Gasteiger partial charge is 0.481 e. The van der Waals surface area contributed by atoms with Crippen LogP contribution in [0.2, 0.25) is 0 Å².